The number of aryl methyl sites for hydroxylation is 1. The summed E-state index contributed by atoms with van der Waals surface area (Å²) in [6.07, 6.45) is 4.72. The summed E-state index contributed by atoms with van der Waals surface area (Å²) in [6.45, 7) is 8.70. The predicted molar refractivity (Wildman–Crippen MR) is 107 cm³/mol. The number of benzene rings is 1. The van der Waals surface area contributed by atoms with Gasteiger partial charge in [-0.2, -0.15) is 0 Å². The van der Waals surface area contributed by atoms with Crippen LogP contribution in [0.4, 0.5) is 10.5 Å². The van der Waals surface area contributed by atoms with E-state index in [1.54, 1.807) is 6.20 Å². The largest absolute Gasteiger partial charge is 0.444 e. The maximum absolute atomic E-state index is 12.7. The molecule has 2 heterocycles. The highest BCUT2D eigenvalue weighted by Crippen LogP contribution is 2.22. The number of amides is 2. The molecule has 7 nitrogen and oxygen atoms in total. The van der Waals surface area contributed by atoms with E-state index in [1.807, 2.05) is 58.2 Å². The number of ether oxygens (including phenoxy) is 1. The molecule has 7 heteroatoms. The number of hydrogen-bond acceptors (Lipinski definition) is 4. The van der Waals surface area contributed by atoms with Crippen LogP contribution in [0.2, 0.25) is 0 Å². The first-order chi connectivity index (χ1) is 13.2. The summed E-state index contributed by atoms with van der Waals surface area (Å²) in [4.78, 5) is 30.8. The molecule has 1 saturated heterocycles. The summed E-state index contributed by atoms with van der Waals surface area (Å²) >= 11 is 0. The summed E-state index contributed by atoms with van der Waals surface area (Å²) < 4.78 is 7.49. The molecular weight excluding hydrogens is 356 g/mol. The minimum absolute atomic E-state index is 0.179. The van der Waals surface area contributed by atoms with Crippen LogP contribution in [-0.2, 0) is 16.1 Å². The predicted octanol–water partition coefficient (Wildman–Crippen LogP) is 3.58. The molecule has 0 spiro atoms. The Hall–Kier alpha value is -2.83. The Bertz CT molecular complexity index is 836. The van der Waals surface area contributed by atoms with Crippen LogP contribution in [0.5, 0.6) is 0 Å². The lowest BCUT2D eigenvalue weighted by molar-refractivity contribution is -0.120. The molecule has 0 saturated carbocycles. The van der Waals surface area contributed by atoms with Crippen molar-refractivity contribution in [3.63, 3.8) is 0 Å². The van der Waals surface area contributed by atoms with Crippen molar-refractivity contribution in [2.45, 2.75) is 58.7 Å². The van der Waals surface area contributed by atoms with Gasteiger partial charge in [0.25, 0.3) is 0 Å². The van der Waals surface area contributed by atoms with E-state index in [2.05, 4.69) is 14.9 Å². The van der Waals surface area contributed by atoms with Crippen LogP contribution < -0.4 is 5.32 Å². The van der Waals surface area contributed by atoms with Gasteiger partial charge in [-0.25, -0.2) is 9.78 Å². The fourth-order valence-corrected chi connectivity index (χ4v) is 3.26. The van der Waals surface area contributed by atoms with Gasteiger partial charge in [-0.05, 0) is 58.2 Å². The number of imidazole rings is 1. The Morgan fingerprint density at radius 2 is 1.96 bits per heavy atom. The van der Waals surface area contributed by atoms with E-state index < -0.39 is 17.7 Å². The molecule has 0 bridgehead atoms. The third-order valence-electron chi connectivity index (χ3n) is 4.68. The summed E-state index contributed by atoms with van der Waals surface area (Å²) in [5, 5.41) is 2.92. The summed E-state index contributed by atoms with van der Waals surface area (Å²) in [6, 6.07) is 7.23. The normalized spacial score (nSPS) is 16.9. The van der Waals surface area contributed by atoms with Crippen molar-refractivity contribution in [2.75, 3.05) is 11.9 Å². The molecule has 3 rings (SSSR count). The zero-order valence-electron chi connectivity index (χ0n) is 16.9. The average Bonchev–Trinajstić information content (AvgIpc) is 3.25. The second kappa shape index (κ2) is 8.04. The minimum Gasteiger partial charge on any atom is -0.444 e. The van der Waals surface area contributed by atoms with Gasteiger partial charge in [0.15, 0.2) is 0 Å². The van der Waals surface area contributed by atoms with Crippen LogP contribution in [0.25, 0.3) is 0 Å². The van der Waals surface area contributed by atoms with Crippen molar-refractivity contribution in [2.24, 2.45) is 0 Å². The first-order valence-electron chi connectivity index (χ1n) is 9.60. The molecule has 1 atom stereocenters. The van der Waals surface area contributed by atoms with E-state index in [-0.39, 0.29) is 5.91 Å². The third kappa shape index (κ3) is 4.91. The molecule has 0 radical (unpaired) electrons. The third-order valence-corrected chi connectivity index (χ3v) is 4.68. The van der Waals surface area contributed by atoms with E-state index in [0.29, 0.717) is 18.7 Å². The van der Waals surface area contributed by atoms with Crippen LogP contribution >= 0.6 is 0 Å². The van der Waals surface area contributed by atoms with Gasteiger partial charge >= 0.3 is 6.09 Å². The SMILES string of the molecule is Cc1nccn1Cc1ccc(NC(=O)C2CCCN2C(=O)OC(C)(C)C)cc1. The Kier molecular flexibility index (Phi) is 5.72. The van der Waals surface area contributed by atoms with Gasteiger partial charge in [-0.15, -0.1) is 0 Å². The second-order valence-corrected chi connectivity index (χ2v) is 8.12. The van der Waals surface area contributed by atoms with Crippen LogP contribution in [0.3, 0.4) is 0 Å². The molecule has 0 aliphatic carbocycles. The lowest BCUT2D eigenvalue weighted by Crippen LogP contribution is -2.45. The van der Waals surface area contributed by atoms with Crippen molar-refractivity contribution >= 4 is 17.7 Å². The molecule has 28 heavy (non-hydrogen) atoms. The second-order valence-electron chi connectivity index (χ2n) is 8.12. The highest BCUT2D eigenvalue weighted by atomic mass is 16.6. The minimum atomic E-state index is -0.579. The number of likely N-dealkylation sites (tertiary alicyclic amines) is 1. The quantitative estimate of drug-likeness (QED) is 0.874. The molecule has 1 fully saturated rings. The van der Waals surface area contributed by atoms with Gasteiger partial charge in [0.1, 0.15) is 17.5 Å². The number of aromatic nitrogens is 2. The number of nitrogens with zero attached hydrogens (tertiary/aromatic N) is 3. The zero-order chi connectivity index (χ0) is 20.3. The summed E-state index contributed by atoms with van der Waals surface area (Å²) in [7, 11) is 0. The maximum Gasteiger partial charge on any atom is 0.410 e. The average molecular weight is 384 g/mol. The topological polar surface area (TPSA) is 76.5 Å². The van der Waals surface area contributed by atoms with Gasteiger partial charge in [-0.1, -0.05) is 12.1 Å². The fraction of sp³-hybridized carbons (Fsp3) is 0.476. The van der Waals surface area contributed by atoms with Gasteiger partial charge in [0.05, 0.1) is 0 Å². The highest BCUT2D eigenvalue weighted by Gasteiger charge is 2.36. The molecule has 1 unspecified atom stereocenters. The lowest BCUT2D eigenvalue weighted by atomic mass is 10.1. The molecule has 2 amide bonds. The van der Waals surface area contributed by atoms with Crippen LogP contribution in [-0.4, -0.2) is 44.6 Å². The highest BCUT2D eigenvalue weighted by molar-refractivity contribution is 5.96. The number of hydrogen-bond donors (Lipinski definition) is 1. The van der Waals surface area contributed by atoms with Crippen molar-refractivity contribution in [1.82, 2.24) is 14.5 Å². The molecule has 1 aromatic heterocycles. The summed E-state index contributed by atoms with van der Waals surface area (Å²) in [5.41, 5.74) is 1.26. The van der Waals surface area contributed by atoms with Crippen molar-refractivity contribution in [3.8, 4) is 0 Å². The van der Waals surface area contributed by atoms with E-state index in [9.17, 15) is 9.59 Å². The molecular formula is C21H28N4O3. The van der Waals surface area contributed by atoms with Gasteiger partial charge < -0.3 is 14.6 Å². The zero-order valence-corrected chi connectivity index (χ0v) is 16.9. The smallest absolute Gasteiger partial charge is 0.410 e. The number of carbonyl (C=O) groups is 2. The molecule has 1 aliphatic heterocycles. The Balaban J connectivity index is 1.60. The van der Waals surface area contributed by atoms with Crippen molar-refractivity contribution in [3.05, 3.63) is 48.0 Å². The van der Waals surface area contributed by atoms with Crippen molar-refractivity contribution < 1.29 is 14.3 Å². The molecule has 1 aliphatic rings. The first-order valence-corrected chi connectivity index (χ1v) is 9.60. The number of carbonyl (C=O) groups excluding carboxylic acids is 2. The van der Waals surface area contributed by atoms with Crippen LogP contribution in [0.1, 0.15) is 45.0 Å². The van der Waals surface area contributed by atoms with E-state index in [0.717, 1.165) is 24.4 Å². The van der Waals surface area contributed by atoms with Crippen LogP contribution in [0.15, 0.2) is 36.7 Å². The standard InChI is InChI=1S/C21H28N4O3/c1-15-22-11-13-24(15)14-16-7-9-17(10-8-16)23-19(26)18-6-5-12-25(18)20(27)28-21(2,3)4/h7-11,13,18H,5-6,12,14H2,1-4H3,(H,23,26). The monoisotopic (exact) mass is 384 g/mol. The lowest BCUT2D eigenvalue weighted by Gasteiger charge is -2.28. The molecule has 150 valence electrons. The molecule has 1 aromatic carbocycles. The maximum atomic E-state index is 12.7. The van der Waals surface area contributed by atoms with Crippen molar-refractivity contribution in [1.29, 1.82) is 0 Å². The Morgan fingerprint density at radius 1 is 1.25 bits per heavy atom. The van der Waals surface area contributed by atoms with E-state index in [4.69, 9.17) is 4.74 Å². The van der Waals surface area contributed by atoms with E-state index >= 15 is 0 Å². The Morgan fingerprint density at radius 3 is 2.57 bits per heavy atom. The number of rotatable bonds is 4. The fourth-order valence-electron chi connectivity index (χ4n) is 3.26. The van der Waals surface area contributed by atoms with Gasteiger partial charge in [0.2, 0.25) is 5.91 Å². The number of nitrogens with one attached hydrogen (secondary N) is 1. The van der Waals surface area contributed by atoms with Crippen LogP contribution in [0, 0.1) is 6.92 Å². The van der Waals surface area contributed by atoms with Gasteiger partial charge in [0, 0.05) is 31.2 Å². The molecule has 2 aromatic rings. The molecule has 1 N–H and O–H groups in total. The van der Waals surface area contributed by atoms with E-state index in [1.165, 1.54) is 4.90 Å². The summed E-state index contributed by atoms with van der Waals surface area (Å²) in [5.74, 6) is 0.780. The first kappa shape index (κ1) is 19.9. The Labute approximate surface area is 165 Å². The number of anilines is 1. The van der Waals surface area contributed by atoms with Gasteiger partial charge in [-0.3, -0.25) is 9.69 Å².